The highest BCUT2D eigenvalue weighted by Gasteiger charge is 2.05. The summed E-state index contributed by atoms with van der Waals surface area (Å²) < 4.78 is 126. The first-order valence-corrected chi connectivity index (χ1v) is 34.8. The van der Waals surface area contributed by atoms with E-state index in [-0.39, 0.29) is 19.2 Å². The first kappa shape index (κ1) is 89.5. The second-order valence-electron chi connectivity index (χ2n) is 20.8. The monoisotopic (exact) mass is 1320 g/mol. The standard InChI is InChI=1S/C66H132O25/c1-2-3-4-5-6-7-8-9-10-11-12-13-14-15-16-17-18-19-66(68)91-65-64-90-63-62-89-61-60-88-59-58-87-57-56-86-55-54-85-53-52-84-51-50-83-49-48-82-47-46-81-45-44-80-43-42-79-41-40-78-39-38-77-37-36-76-35-34-75-33-32-74-31-30-73-29-28-72-27-26-71-25-24-70-23-22-69-21-20-67/h67H,2-65H2,1H3. The number of ether oxygens (including phenoxy) is 23. The predicted octanol–water partition coefficient (Wildman–Crippen LogP) is 6.93. The van der Waals surface area contributed by atoms with Gasteiger partial charge in [0.25, 0.3) is 0 Å². The summed E-state index contributed by atoms with van der Waals surface area (Å²) in [4.78, 5) is 12.0. The number of hydrogen-bond acceptors (Lipinski definition) is 25. The number of rotatable bonds is 86. The topological polar surface area (TPSA) is 250 Å². The lowest BCUT2D eigenvalue weighted by Crippen LogP contribution is -2.16. The Morgan fingerprint density at radius 3 is 0.473 bits per heavy atom. The van der Waals surface area contributed by atoms with Gasteiger partial charge in [0.2, 0.25) is 0 Å². The molecular formula is C66H132O25. The van der Waals surface area contributed by atoms with E-state index >= 15 is 0 Å². The quantitative estimate of drug-likeness (QED) is 0.0479. The van der Waals surface area contributed by atoms with Crippen molar-refractivity contribution < 1.29 is 119 Å². The zero-order chi connectivity index (χ0) is 65.1. The molecule has 0 atom stereocenters. The molecule has 0 radical (unpaired) electrons. The molecule has 25 nitrogen and oxygen atoms in total. The highest BCUT2D eigenvalue weighted by molar-refractivity contribution is 5.69. The van der Waals surface area contributed by atoms with Crippen LogP contribution < -0.4 is 0 Å². The molecule has 0 heterocycles. The van der Waals surface area contributed by atoms with Crippen LogP contribution in [0.5, 0.6) is 0 Å². The fourth-order valence-electron chi connectivity index (χ4n) is 8.07. The van der Waals surface area contributed by atoms with Gasteiger partial charge >= 0.3 is 5.97 Å². The lowest BCUT2D eigenvalue weighted by atomic mass is 10.0. The number of carbonyl (C=O) groups is 1. The zero-order valence-electron chi connectivity index (χ0n) is 57.0. The van der Waals surface area contributed by atoms with E-state index in [2.05, 4.69) is 6.92 Å². The van der Waals surface area contributed by atoms with Crippen molar-refractivity contribution in [1.82, 2.24) is 0 Å². The third-order valence-corrected chi connectivity index (χ3v) is 13.0. The minimum absolute atomic E-state index is 0.0177. The molecule has 0 aromatic carbocycles. The average Bonchev–Trinajstić information content (AvgIpc) is 3.56. The Hall–Kier alpha value is -1.45. The van der Waals surface area contributed by atoms with Crippen molar-refractivity contribution in [3.8, 4) is 0 Å². The molecule has 0 rings (SSSR count). The second kappa shape index (κ2) is 86.6. The minimum atomic E-state index is -0.136. The molecule has 25 heteroatoms. The third kappa shape index (κ3) is 86.5. The third-order valence-electron chi connectivity index (χ3n) is 13.0. The molecule has 0 aliphatic heterocycles. The Morgan fingerprint density at radius 1 is 0.187 bits per heavy atom. The number of esters is 1. The normalized spacial score (nSPS) is 11.7. The van der Waals surface area contributed by atoms with Crippen LogP contribution in [-0.2, 0) is 114 Å². The molecule has 0 aliphatic rings. The maximum absolute atomic E-state index is 12.0. The summed E-state index contributed by atoms with van der Waals surface area (Å²) >= 11 is 0. The lowest BCUT2D eigenvalue weighted by molar-refractivity contribution is -0.145. The van der Waals surface area contributed by atoms with Gasteiger partial charge in [-0.2, -0.15) is 0 Å². The van der Waals surface area contributed by atoms with E-state index in [9.17, 15) is 4.79 Å². The van der Waals surface area contributed by atoms with Crippen molar-refractivity contribution in [2.24, 2.45) is 0 Å². The Bertz CT molecular complexity index is 1290. The van der Waals surface area contributed by atoms with E-state index in [1.54, 1.807) is 0 Å². The second-order valence-corrected chi connectivity index (χ2v) is 20.8. The molecule has 0 saturated carbocycles. The number of aliphatic hydroxyl groups is 1. The van der Waals surface area contributed by atoms with E-state index in [0.717, 1.165) is 12.8 Å². The zero-order valence-corrected chi connectivity index (χ0v) is 57.0. The number of hydrogen-bond donors (Lipinski definition) is 1. The van der Waals surface area contributed by atoms with Crippen molar-refractivity contribution in [3.05, 3.63) is 0 Å². The van der Waals surface area contributed by atoms with Gasteiger partial charge in [-0.25, -0.2) is 0 Å². The average molecular weight is 1330 g/mol. The lowest BCUT2D eigenvalue weighted by Gasteiger charge is -2.09. The minimum Gasteiger partial charge on any atom is -0.463 e. The molecular weight excluding hydrogens is 1190 g/mol. The molecule has 546 valence electrons. The van der Waals surface area contributed by atoms with Crippen LogP contribution in [0.3, 0.4) is 0 Å². The fourth-order valence-corrected chi connectivity index (χ4v) is 8.07. The van der Waals surface area contributed by atoms with E-state index < -0.39 is 0 Å². The largest absolute Gasteiger partial charge is 0.463 e. The Morgan fingerprint density at radius 2 is 0.319 bits per heavy atom. The Kier molecular flexibility index (Phi) is 85.2. The van der Waals surface area contributed by atoms with Gasteiger partial charge in [-0.1, -0.05) is 110 Å². The molecule has 91 heavy (non-hydrogen) atoms. The summed E-state index contributed by atoms with van der Waals surface area (Å²) in [5.74, 6) is -0.136. The summed E-state index contributed by atoms with van der Waals surface area (Å²) in [5.41, 5.74) is 0. The molecule has 0 saturated heterocycles. The van der Waals surface area contributed by atoms with Gasteiger partial charge in [-0.15, -0.1) is 0 Å². The molecule has 0 bridgehead atoms. The van der Waals surface area contributed by atoms with Crippen molar-refractivity contribution >= 4 is 5.97 Å². The van der Waals surface area contributed by atoms with Gasteiger partial charge in [-0.05, 0) is 6.42 Å². The van der Waals surface area contributed by atoms with Crippen LogP contribution in [0.2, 0.25) is 0 Å². The van der Waals surface area contributed by atoms with Gasteiger partial charge < -0.3 is 114 Å². The summed E-state index contributed by atoms with van der Waals surface area (Å²) in [5, 5.41) is 8.62. The molecule has 0 amide bonds. The molecule has 0 aromatic rings. The van der Waals surface area contributed by atoms with Crippen LogP contribution in [0.25, 0.3) is 0 Å². The van der Waals surface area contributed by atoms with E-state index in [0.29, 0.717) is 297 Å². The summed E-state index contributed by atoms with van der Waals surface area (Å²) in [6.07, 6.45) is 23.0. The van der Waals surface area contributed by atoms with Crippen LogP contribution in [0.4, 0.5) is 0 Å². The highest BCUT2D eigenvalue weighted by atomic mass is 16.6. The van der Waals surface area contributed by atoms with Crippen molar-refractivity contribution in [2.45, 2.75) is 122 Å². The maximum Gasteiger partial charge on any atom is 0.305 e. The molecule has 1 N–H and O–H groups in total. The molecule has 0 spiro atoms. The smallest absolute Gasteiger partial charge is 0.305 e. The SMILES string of the molecule is CCCCCCCCCCCCCCCCCCCC(=O)OCCOCCOCCOCCOCCOCCOCCOCCOCCOCCOCCOCCOCCOCCOCCOCCOCCOCCOCCOCCOCCOCCOCCO. The fraction of sp³-hybridized carbons (Fsp3) is 0.985. The van der Waals surface area contributed by atoms with E-state index in [1.165, 1.54) is 96.3 Å². The van der Waals surface area contributed by atoms with Crippen molar-refractivity contribution in [3.63, 3.8) is 0 Å². The van der Waals surface area contributed by atoms with Crippen LogP contribution in [0.1, 0.15) is 122 Å². The predicted molar refractivity (Wildman–Crippen MR) is 345 cm³/mol. The van der Waals surface area contributed by atoms with Gasteiger partial charge in [0.05, 0.1) is 297 Å². The van der Waals surface area contributed by atoms with Crippen molar-refractivity contribution in [2.75, 3.05) is 304 Å². The van der Waals surface area contributed by atoms with Gasteiger partial charge in [0.15, 0.2) is 0 Å². The first-order valence-electron chi connectivity index (χ1n) is 34.8. The number of aliphatic hydroxyl groups excluding tert-OH is 1. The molecule has 0 aromatic heterocycles. The maximum atomic E-state index is 12.0. The van der Waals surface area contributed by atoms with Crippen LogP contribution >= 0.6 is 0 Å². The molecule has 0 fully saturated rings. The van der Waals surface area contributed by atoms with E-state index in [1.807, 2.05) is 0 Å². The highest BCUT2D eigenvalue weighted by Crippen LogP contribution is 2.14. The summed E-state index contributed by atoms with van der Waals surface area (Å²) in [6.45, 7) is 23.6. The van der Waals surface area contributed by atoms with Crippen molar-refractivity contribution in [1.29, 1.82) is 0 Å². The van der Waals surface area contributed by atoms with Crippen LogP contribution in [0.15, 0.2) is 0 Å². The number of unbranched alkanes of at least 4 members (excludes halogenated alkanes) is 16. The van der Waals surface area contributed by atoms with Gasteiger partial charge in [0, 0.05) is 6.42 Å². The van der Waals surface area contributed by atoms with Crippen LogP contribution in [0, 0.1) is 0 Å². The van der Waals surface area contributed by atoms with E-state index in [4.69, 9.17) is 114 Å². The molecule has 0 unspecified atom stereocenters. The van der Waals surface area contributed by atoms with Gasteiger partial charge in [-0.3, -0.25) is 4.79 Å². The Labute approximate surface area is 549 Å². The first-order chi connectivity index (χ1) is 45.3. The van der Waals surface area contributed by atoms with Crippen LogP contribution in [-0.4, -0.2) is 315 Å². The van der Waals surface area contributed by atoms with Gasteiger partial charge in [0.1, 0.15) is 6.61 Å². The number of carbonyl (C=O) groups excluding carboxylic acids is 1. The summed E-state index contributed by atoms with van der Waals surface area (Å²) in [6, 6.07) is 0. The Balaban J connectivity index is 3.12. The summed E-state index contributed by atoms with van der Waals surface area (Å²) in [7, 11) is 0. The molecule has 0 aliphatic carbocycles.